The van der Waals surface area contributed by atoms with Crippen LogP contribution in [0.3, 0.4) is 0 Å². The van der Waals surface area contributed by atoms with Gasteiger partial charge in [-0.2, -0.15) is 0 Å². The lowest BCUT2D eigenvalue weighted by atomic mass is 10.4. The average Bonchev–Trinajstić information content (AvgIpc) is 2.87. The van der Waals surface area contributed by atoms with Crippen molar-refractivity contribution in [3.8, 4) is 0 Å². The van der Waals surface area contributed by atoms with Crippen molar-refractivity contribution in [3.05, 3.63) is 22.7 Å². The molecule has 5 heteroatoms. The van der Waals surface area contributed by atoms with E-state index in [1.54, 1.807) is 6.20 Å². The molecule has 0 N–H and O–H groups in total. The van der Waals surface area contributed by atoms with Gasteiger partial charge < -0.3 is 0 Å². The van der Waals surface area contributed by atoms with E-state index in [9.17, 15) is 0 Å². The minimum absolute atomic E-state index is 0.603. The zero-order chi connectivity index (χ0) is 8.84. The Morgan fingerprint density at radius 3 is 3.00 bits per heavy atom. The average molecular weight is 239 g/mol. The molecule has 1 aliphatic carbocycles. The molecule has 4 nitrogen and oxygen atoms in total. The highest BCUT2D eigenvalue weighted by molar-refractivity contribution is 9.10. The van der Waals surface area contributed by atoms with Crippen LogP contribution in [0.5, 0.6) is 0 Å². The predicted molar refractivity (Wildman–Crippen MR) is 50.5 cm³/mol. The van der Waals surface area contributed by atoms with E-state index in [0.717, 1.165) is 10.3 Å². The van der Waals surface area contributed by atoms with Gasteiger partial charge in [-0.3, -0.25) is 4.40 Å². The SMILES string of the molecule is Brc1cnc2nnc(C3CC3)n2c1. The van der Waals surface area contributed by atoms with Crippen LogP contribution in [-0.2, 0) is 0 Å². The first-order chi connectivity index (χ1) is 6.34. The maximum atomic E-state index is 4.15. The maximum Gasteiger partial charge on any atom is 0.255 e. The largest absolute Gasteiger partial charge is 0.269 e. The van der Waals surface area contributed by atoms with Crippen molar-refractivity contribution in [3.63, 3.8) is 0 Å². The maximum absolute atomic E-state index is 4.15. The van der Waals surface area contributed by atoms with Gasteiger partial charge in [-0.1, -0.05) is 0 Å². The van der Waals surface area contributed by atoms with Crippen LogP contribution in [0.15, 0.2) is 16.9 Å². The zero-order valence-corrected chi connectivity index (χ0v) is 8.40. The van der Waals surface area contributed by atoms with Gasteiger partial charge in [0.15, 0.2) is 0 Å². The molecule has 1 aliphatic rings. The number of nitrogens with zero attached hydrogens (tertiary/aromatic N) is 4. The highest BCUT2D eigenvalue weighted by Gasteiger charge is 2.28. The summed E-state index contributed by atoms with van der Waals surface area (Å²) in [6, 6.07) is 0. The van der Waals surface area contributed by atoms with Gasteiger partial charge in [-0.15, -0.1) is 10.2 Å². The molecular formula is C8H7BrN4. The number of fused-ring (bicyclic) bond motifs is 1. The Hall–Kier alpha value is -0.970. The van der Waals surface area contributed by atoms with Gasteiger partial charge in [0.05, 0.1) is 4.47 Å². The highest BCUT2D eigenvalue weighted by atomic mass is 79.9. The fraction of sp³-hybridized carbons (Fsp3) is 0.375. The standard InChI is InChI=1S/C8H7BrN4/c9-6-3-10-8-12-11-7(5-1-2-5)13(8)4-6/h3-5H,1-2H2. The van der Waals surface area contributed by atoms with E-state index in [4.69, 9.17) is 0 Å². The van der Waals surface area contributed by atoms with Crippen LogP contribution >= 0.6 is 15.9 Å². The van der Waals surface area contributed by atoms with Gasteiger partial charge in [0.25, 0.3) is 5.78 Å². The van der Waals surface area contributed by atoms with E-state index < -0.39 is 0 Å². The molecule has 0 spiro atoms. The molecule has 0 aromatic carbocycles. The third-order valence-corrected chi connectivity index (χ3v) is 2.61. The molecule has 0 atom stereocenters. The molecule has 13 heavy (non-hydrogen) atoms. The van der Waals surface area contributed by atoms with E-state index in [1.165, 1.54) is 12.8 Å². The van der Waals surface area contributed by atoms with E-state index in [1.807, 2.05) is 10.6 Å². The van der Waals surface area contributed by atoms with Crippen molar-refractivity contribution in [2.75, 3.05) is 0 Å². The lowest BCUT2D eigenvalue weighted by molar-refractivity contribution is 0.893. The molecule has 1 fully saturated rings. The molecule has 2 aromatic heterocycles. The molecule has 0 amide bonds. The summed E-state index contributed by atoms with van der Waals surface area (Å²) >= 11 is 3.38. The van der Waals surface area contributed by atoms with Crippen LogP contribution < -0.4 is 0 Å². The monoisotopic (exact) mass is 238 g/mol. The van der Waals surface area contributed by atoms with Crippen molar-refractivity contribution in [2.45, 2.75) is 18.8 Å². The first-order valence-corrected chi connectivity index (χ1v) is 5.00. The lowest BCUT2D eigenvalue weighted by Gasteiger charge is -1.96. The molecule has 0 unspecified atom stereocenters. The predicted octanol–water partition coefficient (Wildman–Crippen LogP) is 1.76. The Labute approximate surface area is 83.1 Å². The Bertz CT molecular complexity index is 460. The zero-order valence-electron chi connectivity index (χ0n) is 6.81. The quantitative estimate of drug-likeness (QED) is 0.761. The second-order valence-electron chi connectivity index (χ2n) is 3.27. The summed E-state index contributed by atoms with van der Waals surface area (Å²) in [5.41, 5.74) is 0. The lowest BCUT2D eigenvalue weighted by Crippen LogP contribution is -1.93. The topological polar surface area (TPSA) is 43.1 Å². The van der Waals surface area contributed by atoms with Crippen molar-refractivity contribution in [1.29, 1.82) is 0 Å². The Balaban J connectivity index is 2.29. The van der Waals surface area contributed by atoms with Gasteiger partial charge in [-0.05, 0) is 28.8 Å². The van der Waals surface area contributed by atoms with Crippen LogP contribution in [0.2, 0.25) is 0 Å². The summed E-state index contributed by atoms with van der Waals surface area (Å²) in [4.78, 5) is 4.15. The second kappa shape index (κ2) is 2.51. The van der Waals surface area contributed by atoms with E-state index >= 15 is 0 Å². The van der Waals surface area contributed by atoms with E-state index in [0.29, 0.717) is 11.7 Å². The van der Waals surface area contributed by atoms with Crippen LogP contribution in [0.4, 0.5) is 0 Å². The van der Waals surface area contributed by atoms with E-state index in [-0.39, 0.29) is 0 Å². The van der Waals surface area contributed by atoms with Crippen molar-refractivity contribution in [1.82, 2.24) is 19.6 Å². The number of hydrogen-bond acceptors (Lipinski definition) is 3. The Morgan fingerprint density at radius 1 is 1.38 bits per heavy atom. The molecule has 0 aliphatic heterocycles. The number of rotatable bonds is 1. The van der Waals surface area contributed by atoms with Gasteiger partial charge in [0, 0.05) is 18.3 Å². The minimum atomic E-state index is 0.603. The smallest absolute Gasteiger partial charge is 0.255 e. The summed E-state index contributed by atoms with van der Waals surface area (Å²) in [5.74, 6) is 2.33. The number of hydrogen-bond donors (Lipinski definition) is 0. The highest BCUT2D eigenvalue weighted by Crippen LogP contribution is 2.38. The third-order valence-electron chi connectivity index (χ3n) is 2.20. The summed E-state index contributed by atoms with van der Waals surface area (Å²) < 4.78 is 2.92. The van der Waals surface area contributed by atoms with Crippen molar-refractivity contribution >= 4 is 21.7 Å². The van der Waals surface area contributed by atoms with Crippen LogP contribution in [0, 0.1) is 0 Å². The summed E-state index contributed by atoms with van der Waals surface area (Å²) in [7, 11) is 0. The molecule has 66 valence electrons. The van der Waals surface area contributed by atoms with Gasteiger partial charge >= 0.3 is 0 Å². The summed E-state index contributed by atoms with van der Waals surface area (Å²) in [5, 5.41) is 8.13. The third kappa shape index (κ3) is 1.14. The molecule has 0 bridgehead atoms. The normalized spacial score (nSPS) is 16.7. The molecule has 3 rings (SSSR count). The van der Waals surface area contributed by atoms with E-state index in [2.05, 4.69) is 31.1 Å². The van der Waals surface area contributed by atoms with Crippen molar-refractivity contribution in [2.24, 2.45) is 0 Å². The first kappa shape index (κ1) is 7.44. The first-order valence-electron chi connectivity index (χ1n) is 4.21. The van der Waals surface area contributed by atoms with Crippen molar-refractivity contribution < 1.29 is 0 Å². The molecule has 1 saturated carbocycles. The van der Waals surface area contributed by atoms with Gasteiger partial charge in [0.2, 0.25) is 0 Å². The summed E-state index contributed by atoms with van der Waals surface area (Å²) in [6.07, 6.45) is 6.16. The molecule has 2 aromatic rings. The second-order valence-corrected chi connectivity index (χ2v) is 4.19. The number of halogens is 1. The summed E-state index contributed by atoms with van der Waals surface area (Å²) in [6.45, 7) is 0. The number of aromatic nitrogens is 4. The van der Waals surface area contributed by atoms with Gasteiger partial charge in [0.1, 0.15) is 5.82 Å². The Kier molecular flexibility index (Phi) is 1.44. The molecular weight excluding hydrogens is 232 g/mol. The van der Waals surface area contributed by atoms with Gasteiger partial charge in [-0.25, -0.2) is 4.98 Å². The minimum Gasteiger partial charge on any atom is -0.269 e. The fourth-order valence-electron chi connectivity index (χ4n) is 1.40. The molecule has 0 radical (unpaired) electrons. The molecule has 0 saturated heterocycles. The van der Waals surface area contributed by atoms with Crippen LogP contribution in [0.25, 0.3) is 5.78 Å². The molecule has 2 heterocycles. The Morgan fingerprint density at radius 2 is 2.23 bits per heavy atom. The fourth-order valence-corrected chi connectivity index (χ4v) is 1.71. The van der Waals surface area contributed by atoms with Crippen LogP contribution in [0.1, 0.15) is 24.6 Å². The van der Waals surface area contributed by atoms with Crippen LogP contribution in [-0.4, -0.2) is 19.6 Å².